The summed E-state index contributed by atoms with van der Waals surface area (Å²) in [6, 6.07) is 4.98. The molecule has 1 rings (SSSR count). The first-order valence-corrected chi connectivity index (χ1v) is 7.69. The van der Waals surface area contributed by atoms with Crippen LogP contribution in [0.25, 0.3) is 0 Å². The molecule has 0 saturated carbocycles. The van der Waals surface area contributed by atoms with Gasteiger partial charge in [-0.2, -0.15) is 0 Å². The Bertz CT molecular complexity index is 611. The van der Waals surface area contributed by atoms with Crippen molar-refractivity contribution in [1.29, 1.82) is 0 Å². The molecule has 0 bridgehead atoms. The zero-order valence-corrected chi connectivity index (χ0v) is 14.4. The van der Waals surface area contributed by atoms with E-state index in [4.69, 9.17) is 0 Å². The molecule has 0 radical (unpaired) electrons. The largest absolute Gasteiger partial charge is 0.350 e. The van der Waals surface area contributed by atoms with E-state index in [-0.39, 0.29) is 18.9 Å². The second kappa shape index (κ2) is 8.42. The second-order valence-electron chi connectivity index (χ2n) is 6.61. The second-order valence-corrected chi connectivity index (χ2v) is 6.61. The van der Waals surface area contributed by atoms with Crippen molar-refractivity contribution in [2.75, 3.05) is 6.54 Å². The highest BCUT2D eigenvalue weighted by molar-refractivity contribution is 5.90. The van der Waals surface area contributed by atoms with Crippen LogP contribution in [0, 0.1) is 5.82 Å². The molecule has 0 aromatic heterocycles. The average Bonchev–Trinajstić information content (AvgIpc) is 2.43. The molecule has 7 heteroatoms. The number of benzene rings is 1. The SMILES string of the molecule is CC(NC(=O)CNC(=O)Cc1cccc(F)c1)C(=O)NC(C)(C)C. The van der Waals surface area contributed by atoms with Crippen LogP contribution in [0.2, 0.25) is 0 Å². The van der Waals surface area contributed by atoms with Crippen molar-refractivity contribution in [3.63, 3.8) is 0 Å². The van der Waals surface area contributed by atoms with Gasteiger partial charge in [-0.3, -0.25) is 14.4 Å². The number of hydrogen-bond acceptors (Lipinski definition) is 3. The number of amides is 3. The van der Waals surface area contributed by atoms with Crippen LogP contribution >= 0.6 is 0 Å². The normalized spacial score (nSPS) is 12.2. The molecular weight excluding hydrogens is 313 g/mol. The maximum Gasteiger partial charge on any atom is 0.242 e. The van der Waals surface area contributed by atoms with Gasteiger partial charge in [-0.15, -0.1) is 0 Å². The van der Waals surface area contributed by atoms with E-state index in [1.54, 1.807) is 13.0 Å². The lowest BCUT2D eigenvalue weighted by atomic mass is 10.1. The first-order chi connectivity index (χ1) is 11.1. The summed E-state index contributed by atoms with van der Waals surface area (Å²) in [6.07, 6.45) is -0.0227. The first-order valence-electron chi connectivity index (χ1n) is 7.69. The van der Waals surface area contributed by atoms with Crippen LogP contribution < -0.4 is 16.0 Å². The lowest BCUT2D eigenvalue weighted by Gasteiger charge is -2.23. The van der Waals surface area contributed by atoms with E-state index >= 15 is 0 Å². The lowest BCUT2D eigenvalue weighted by Crippen LogP contribution is -2.52. The summed E-state index contributed by atoms with van der Waals surface area (Å²) in [5, 5.41) is 7.69. The summed E-state index contributed by atoms with van der Waals surface area (Å²) < 4.78 is 13.0. The average molecular weight is 337 g/mol. The third-order valence-electron chi connectivity index (χ3n) is 2.97. The van der Waals surface area contributed by atoms with E-state index in [1.807, 2.05) is 20.8 Å². The fraction of sp³-hybridized carbons (Fsp3) is 0.471. The molecule has 1 atom stereocenters. The van der Waals surface area contributed by atoms with Crippen LogP contribution in [-0.4, -0.2) is 35.8 Å². The summed E-state index contributed by atoms with van der Waals surface area (Å²) in [6.45, 7) is 6.83. The summed E-state index contributed by atoms with van der Waals surface area (Å²) in [5.41, 5.74) is 0.126. The van der Waals surface area contributed by atoms with Crippen LogP contribution in [0.4, 0.5) is 4.39 Å². The Morgan fingerprint density at radius 3 is 2.42 bits per heavy atom. The minimum absolute atomic E-state index is 0.0227. The predicted octanol–water partition coefficient (Wildman–Crippen LogP) is 0.904. The van der Waals surface area contributed by atoms with Crippen molar-refractivity contribution >= 4 is 17.7 Å². The van der Waals surface area contributed by atoms with Gasteiger partial charge in [0, 0.05) is 5.54 Å². The van der Waals surface area contributed by atoms with Gasteiger partial charge < -0.3 is 16.0 Å². The van der Waals surface area contributed by atoms with Crippen molar-refractivity contribution in [2.24, 2.45) is 0 Å². The van der Waals surface area contributed by atoms with Gasteiger partial charge >= 0.3 is 0 Å². The molecule has 0 spiro atoms. The van der Waals surface area contributed by atoms with E-state index in [1.165, 1.54) is 18.2 Å². The van der Waals surface area contributed by atoms with Crippen molar-refractivity contribution in [1.82, 2.24) is 16.0 Å². The molecular formula is C17H24FN3O3. The molecule has 1 unspecified atom stereocenters. The highest BCUT2D eigenvalue weighted by atomic mass is 19.1. The molecule has 0 aliphatic heterocycles. The van der Waals surface area contributed by atoms with E-state index in [9.17, 15) is 18.8 Å². The molecule has 6 nitrogen and oxygen atoms in total. The van der Waals surface area contributed by atoms with Crippen molar-refractivity contribution in [2.45, 2.75) is 45.7 Å². The zero-order valence-electron chi connectivity index (χ0n) is 14.4. The standard InChI is InChI=1S/C17H24FN3O3/c1-11(16(24)21-17(2,3)4)20-15(23)10-19-14(22)9-12-6-5-7-13(18)8-12/h5-8,11H,9-10H2,1-4H3,(H,19,22)(H,20,23)(H,21,24). The van der Waals surface area contributed by atoms with Crippen molar-refractivity contribution < 1.29 is 18.8 Å². The summed E-state index contributed by atoms with van der Waals surface area (Å²) in [7, 11) is 0. The smallest absolute Gasteiger partial charge is 0.242 e. The molecule has 3 N–H and O–H groups in total. The van der Waals surface area contributed by atoms with Gasteiger partial charge in [0.15, 0.2) is 0 Å². The fourth-order valence-electron chi connectivity index (χ4n) is 1.91. The monoisotopic (exact) mass is 337 g/mol. The van der Waals surface area contributed by atoms with Crippen molar-refractivity contribution in [3.8, 4) is 0 Å². The van der Waals surface area contributed by atoms with E-state index in [0.29, 0.717) is 5.56 Å². The van der Waals surface area contributed by atoms with Gasteiger partial charge in [-0.25, -0.2) is 4.39 Å². The minimum Gasteiger partial charge on any atom is -0.350 e. The highest BCUT2D eigenvalue weighted by Gasteiger charge is 2.20. The van der Waals surface area contributed by atoms with Gasteiger partial charge in [0.05, 0.1) is 13.0 Å². The Labute approximate surface area is 141 Å². The first kappa shape index (κ1) is 19.6. The molecule has 24 heavy (non-hydrogen) atoms. The molecule has 1 aromatic carbocycles. The van der Waals surface area contributed by atoms with E-state index < -0.39 is 29.2 Å². The van der Waals surface area contributed by atoms with Crippen LogP contribution in [0.3, 0.4) is 0 Å². The van der Waals surface area contributed by atoms with Crippen LogP contribution in [-0.2, 0) is 20.8 Å². The maximum atomic E-state index is 13.0. The third-order valence-corrected chi connectivity index (χ3v) is 2.97. The molecule has 0 fully saturated rings. The predicted molar refractivity (Wildman–Crippen MR) is 88.6 cm³/mol. The third kappa shape index (κ3) is 7.71. The molecule has 1 aromatic rings. The number of carbonyl (C=O) groups is 3. The van der Waals surface area contributed by atoms with E-state index in [2.05, 4.69) is 16.0 Å². The molecule has 0 saturated heterocycles. The van der Waals surface area contributed by atoms with Gasteiger partial charge in [0.1, 0.15) is 11.9 Å². The topological polar surface area (TPSA) is 87.3 Å². The number of hydrogen-bond donors (Lipinski definition) is 3. The summed E-state index contributed by atoms with van der Waals surface area (Å²) >= 11 is 0. The quantitative estimate of drug-likeness (QED) is 0.721. The number of halogens is 1. The van der Waals surface area contributed by atoms with Gasteiger partial charge in [0.25, 0.3) is 0 Å². The summed E-state index contributed by atoms with van der Waals surface area (Å²) in [5.74, 6) is -1.60. The fourth-order valence-corrected chi connectivity index (χ4v) is 1.91. The van der Waals surface area contributed by atoms with E-state index in [0.717, 1.165) is 0 Å². The van der Waals surface area contributed by atoms with Crippen molar-refractivity contribution in [3.05, 3.63) is 35.6 Å². The van der Waals surface area contributed by atoms with Crippen LogP contribution in [0.15, 0.2) is 24.3 Å². The Morgan fingerprint density at radius 1 is 1.17 bits per heavy atom. The Morgan fingerprint density at radius 2 is 1.83 bits per heavy atom. The van der Waals surface area contributed by atoms with Gasteiger partial charge in [0.2, 0.25) is 17.7 Å². The summed E-state index contributed by atoms with van der Waals surface area (Å²) in [4.78, 5) is 35.4. The molecule has 0 heterocycles. The molecule has 0 aliphatic carbocycles. The van der Waals surface area contributed by atoms with Gasteiger partial charge in [-0.05, 0) is 45.4 Å². The molecule has 3 amide bonds. The number of nitrogens with one attached hydrogen (secondary N) is 3. The van der Waals surface area contributed by atoms with Crippen LogP contribution in [0.5, 0.6) is 0 Å². The number of rotatable bonds is 6. The molecule has 132 valence electrons. The maximum absolute atomic E-state index is 13.0. The number of carbonyl (C=O) groups excluding carboxylic acids is 3. The van der Waals surface area contributed by atoms with Crippen LogP contribution in [0.1, 0.15) is 33.3 Å². The lowest BCUT2D eigenvalue weighted by molar-refractivity contribution is -0.130. The minimum atomic E-state index is -0.711. The van der Waals surface area contributed by atoms with Gasteiger partial charge in [-0.1, -0.05) is 12.1 Å². The molecule has 0 aliphatic rings. The Kier molecular flexibility index (Phi) is 6.88. The zero-order chi connectivity index (χ0) is 18.3. The Hall–Kier alpha value is -2.44. The Balaban J connectivity index is 2.37. The highest BCUT2D eigenvalue weighted by Crippen LogP contribution is 2.04.